The number of halogens is 1. The molecule has 0 spiro atoms. The number of nitrogens with zero attached hydrogens (tertiary/aromatic N) is 2. The molecular weight excluding hydrogens is 282 g/mol. The van der Waals surface area contributed by atoms with E-state index < -0.39 is 0 Å². The average Bonchev–Trinajstić information content (AvgIpc) is 2.32. The van der Waals surface area contributed by atoms with Gasteiger partial charge in [0, 0.05) is 17.2 Å². The summed E-state index contributed by atoms with van der Waals surface area (Å²) in [7, 11) is 1.77. The van der Waals surface area contributed by atoms with Crippen molar-refractivity contribution < 1.29 is 0 Å². The van der Waals surface area contributed by atoms with Crippen LogP contribution in [0.15, 0.2) is 35.1 Å². The van der Waals surface area contributed by atoms with Crippen LogP contribution in [-0.2, 0) is 0 Å². The second kappa shape index (κ2) is 5.01. The zero-order valence-electron chi connectivity index (χ0n) is 9.24. The van der Waals surface area contributed by atoms with Gasteiger partial charge in [-0.15, -0.1) is 0 Å². The maximum Gasteiger partial charge on any atom is 0.159 e. The zero-order chi connectivity index (χ0) is 12.3. The number of benzene rings is 1. The van der Waals surface area contributed by atoms with Gasteiger partial charge in [0.15, 0.2) is 11.6 Å². The Morgan fingerprint density at radius 1 is 1.24 bits per heavy atom. The maximum absolute atomic E-state index is 5.92. The highest BCUT2D eigenvalue weighted by molar-refractivity contribution is 9.10. The summed E-state index contributed by atoms with van der Waals surface area (Å²) >= 11 is 3.41. The van der Waals surface area contributed by atoms with Crippen molar-refractivity contribution in [2.24, 2.45) is 0 Å². The lowest BCUT2D eigenvalue weighted by Gasteiger charge is -2.10. The van der Waals surface area contributed by atoms with E-state index >= 15 is 0 Å². The number of nitrogen functional groups attached to an aromatic ring is 1. The summed E-state index contributed by atoms with van der Waals surface area (Å²) in [5.74, 6) is 1.19. The molecule has 0 saturated carbocycles. The highest BCUT2D eigenvalue weighted by atomic mass is 79.9. The minimum atomic E-state index is 0.495. The van der Waals surface area contributed by atoms with Gasteiger partial charge in [0.25, 0.3) is 0 Å². The van der Waals surface area contributed by atoms with Crippen LogP contribution < -0.4 is 16.4 Å². The number of hydrogen-bond acceptors (Lipinski definition) is 5. The number of nitrogens with one attached hydrogen (secondary N) is 2. The molecule has 2 aromatic rings. The van der Waals surface area contributed by atoms with Crippen LogP contribution in [0, 0.1) is 0 Å². The van der Waals surface area contributed by atoms with Crippen molar-refractivity contribution in [3.8, 4) is 0 Å². The van der Waals surface area contributed by atoms with Gasteiger partial charge in [-0.25, -0.2) is 9.97 Å². The molecule has 1 aromatic carbocycles. The Kier molecular flexibility index (Phi) is 3.43. The van der Waals surface area contributed by atoms with Gasteiger partial charge >= 0.3 is 0 Å². The molecule has 0 aliphatic carbocycles. The summed E-state index contributed by atoms with van der Waals surface area (Å²) < 4.78 is 0.990. The van der Waals surface area contributed by atoms with Gasteiger partial charge in [0.1, 0.15) is 12.0 Å². The summed E-state index contributed by atoms with van der Waals surface area (Å²) in [5.41, 5.74) is 7.32. The molecule has 5 nitrogen and oxygen atoms in total. The highest BCUT2D eigenvalue weighted by Crippen LogP contribution is 2.26. The lowest BCUT2D eigenvalue weighted by molar-refractivity contribution is 1.16. The fourth-order valence-corrected chi connectivity index (χ4v) is 1.80. The van der Waals surface area contributed by atoms with Gasteiger partial charge in [-0.05, 0) is 18.2 Å². The first kappa shape index (κ1) is 11.7. The molecule has 4 N–H and O–H groups in total. The molecule has 0 unspecified atom stereocenters. The van der Waals surface area contributed by atoms with Crippen LogP contribution in [0.25, 0.3) is 0 Å². The van der Waals surface area contributed by atoms with Gasteiger partial charge < -0.3 is 16.4 Å². The lowest BCUT2D eigenvalue weighted by atomic mass is 10.3. The molecule has 0 fully saturated rings. The molecular formula is C11H12BrN5. The van der Waals surface area contributed by atoms with E-state index in [-0.39, 0.29) is 0 Å². The molecule has 0 radical (unpaired) electrons. The molecule has 0 amide bonds. The van der Waals surface area contributed by atoms with Crippen molar-refractivity contribution in [2.45, 2.75) is 0 Å². The van der Waals surface area contributed by atoms with E-state index in [9.17, 15) is 0 Å². The predicted octanol–water partition coefficient (Wildman–Crippen LogP) is 2.61. The first-order valence-electron chi connectivity index (χ1n) is 5.01. The lowest BCUT2D eigenvalue weighted by Crippen LogP contribution is -2.04. The molecule has 17 heavy (non-hydrogen) atoms. The normalized spacial score (nSPS) is 10.0. The topological polar surface area (TPSA) is 75.9 Å². The predicted molar refractivity (Wildman–Crippen MR) is 73.4 cm³/mol. The van der Waals surface area contributed by atoms with E-state index in [0.717, 1.165) is 10.2 Å². The SMILES string of the molecule is CNc1ncnc(Nc2cccc(Br)c2)c1N. The summed E-state index contributed by atoms with van der Waals surface area (Å²) in [5, 5.41) is 6.05. The number of rotatable bonds is 3. The highest BCUT2D eigenvalue weighted by Gasteiger charge is 2.06. The standard InChI is InChI=1S/C11H12BrN5/c1-14-10-9(13)11(16-6-15-10)17-8-4-2-3-7(12)5-8/h2-6H,13H2,1H3,(H2,14,15,16,17). The smallest absolute Gasteiger partial charge is 0.159 e. The molecule has 0 aliphatic rings. The van der Waals surface area contributed by atoms with Crippen LogP contribution in [0.5, 0.6) is 0 Å². The van der Waals surface area contributed by atoms with Crippen molar-refractivity contribution in [3.05, 3.63) is 35.1 Å². The average molecular weight is 294 g/mol. The third kappa shape index (κ3) is 2.65. The molecule has 0 bridgehead atoms. The molecule has 1 aromatic heterocycles. The van der Waals surface area contributed by atoms with Crippen LogP contribution in [-0.4, -0.2) is 17.0 Å². The molecule has 0 aliphatic heterocycles. The number of aromatic nitrogens is 2. The Balaban J connectivity index is 2.30. The largest absolute Gasteiger partial charge is 0.393 e. The Bertz CT molecular complexity index is 529. The number of anilines is 4. The quantitative estimate of drug-likeness (QED) is 0.811. The van der Waals surface area contributed by atoms with Gasteiger partial charge in [0.2, 0.25) is 0 Å². The van der Waals surface area contributed by atoms with Crippen LogP contribution in [0.3, 0.4) is 0 Å². The van der Waals surface area contributed by atoms with Crippen molar-refractivity contribution in [1.82, 2.24) is 9.97 Å². The van der Waals surface area contributed by atoms with E-state index in [0.29, 0.717) is 17.3 Å². The molecule has 0 atom stereocenters. The van der Waals surface area contributed by atoms with Crippen LogP contribution in [0.1, 0.15) is 0 Å². The Hall–Kier alpha value is -1.82. The van der Waals surface area contributed by atoms with E-state index in [2.05, 4.69) is 36.5 Å². The van der Waals surface area contributed by atoms with E-state index in [4.69, 9.17) is 5.73 Å². The van der Waals surface area contributed by atoms with E-state index in [1.165, 1.54) is 6.33 Å². The molecule has 0 saturated heterocycles. The van der Waals surface area contributed by atoms with Crippen molar-refractivity contribution in [3.63, 3.8) is 0 Å². The minimum Gasteiger partial charge on any atom is -0.393 e. The van der Waals surface area contributed by atoms with E-state index in [1.54, 1.807) is 7.05 Å². The van der Waals surface area contributed by atoms with Crippen molar-refractivity contribution >= 4 is 38.9 Å². The first-order valence-corrected chi connectivity index (χ1v) is 5.81. The van der Waals surface area contributed by atoms with E-state index in [1.807, 2.05) is 24.3 Å². The van der Waals surface area contributed by atoms with Crippen LogP contribution in [0.2, 0.25) is 0 Å². The van der Waals surface area contributed by atoms with Crippen LogP contribution >= 0.6 is 15.9 Å². The first-order chi connectivity index (χ1) is 8.20. The third-order valence-electron chi connectivity index (χ3n) is 2.21. The fourth-order valence-electron chi connectivity index (χ4n) is 1.40. The molecule has 88 valence electrons. The van der Waals surface area contributed by atoms with Gasteiger partial charge in [-0.2, -0.15) is 0 Å². The van der Waals surface area contributed by atoms with Gasteiger partial charge in [-0.3, -0.25) is 0 Å². The minimum absolute atomic E-state index is 0.495. The van der Waals surface area contributed by atoms with Gasteiger partial charge in [0.05, 0.1) is 0 Å². The Morgan fingerprint density at radius 2 is 2.00 bits per heavy atom. The summed E-state index contributed by atoms with van der Waals surface area (Å²) in [4.78, 5) is 8.13. The monoisotopic (exact) mass is 293 g/mol. The zero-order valence-corrected chi connectivity index (χ0v) is 10.8. The van der Waals surface area contributed by atoms with Crippen molar-refractivity contribution in [2.75, 3.05) is 23.4 Å². The maximum atomic E-state index is 5.92. The number of nitrogens with two attached hydrogens (primary N) is 1. The second-order valence-electron chi connectivity index (χ2n) is 3.37. The Labute approximate surface area is 108 Å². The summed E-state index contributed by atoms with van der Waals surface area (Å²) in [6.45, 7) is 0. The Morgan fingerprint density at radius 3 is 2.71 bits per heavy atom. The summed E-state index contributed by atoms with van der Waals surface area (Å²) in [6.07, 6.45) is 1.46. The van der Waals surface area contributed by atoms with Crippen molar-refractivity contribution in [1.29, 1.82) is 0 Å². The molecule has 2 rings (SSSR count). The third-order valence-corrected chi connectivity index (χ3v) is 2.70. The van der Waals surface area contributed by atoms with Crippen LogP contribution in [0.4, 0.5) is 23.0 Å². The fraction of sp³-hybridized carbons (Fsp3) is 0.0909. The second-order valence-corrected chi connectivity index (χ2v) is 4.29. The van der Waals surface area contributed by atoms with Gasteiger partial charge in [-0.1, -0.05) is 22.0 Å². The molecule has 1 heterocycles. The molecule has 6 heteroatoms. The summed E-state index contributed by atoms with van der Waals surface area (Å²) in [6, 6.07) is 7.77. The number of hydrogen-bond donors (Lipinski definition) is 3.